The Hall–Kier alpha value is -1.06. The first-order valence-corrected chi connectivity index (χ1v) is 7.16. The van der Waals surface area contributed by atoms with Gasteiger partial charge >= 0.3 is 0 Å². The molecule has 0 saturated heterocycles. The summed E-state index contributed by atoms with van der Waals surface area (Å²) in [7, 11) is 1.74. The molecule has 0 radical (unpaired) electrons. The van der Waals surface area contributed by atoms with E-state index in [1.165, 1.54) is 0 Å². The van der Waals surface area contributed by atoms with Gasteiger partial charge in [0.1, 0.15) is 0 Å². The molecular formula is C15H22ClNO2. The van der Waals surface area contributed by atoms with Gasteiger partial charge in [-0.15, -0.1) is 11.6 Å². The second-order valence-electron chi connectivity index (χ2n) is 4.75. The molecule has 1 aromatic carbocycles. The molecule has 1 aromatic rings. The lowest BCUT2D eigenvalue weighted by molar-refractivity contribution is -0.134. The van der Waals surface area contributed by atoms with Crippen molar-refractivity contribution in [2.45, 2.75) is 38.3 Å². The highest BCUT2D eigenvalue weighted by Gasteiger charge is 2.23. The van der Waals surface area contributed by atoms with Gasteiger partial charge in [-0.3, -0.25) is 4.79 Å². The maximum atomic E-state index is 12.0. The number of amides is 1. The van der Waals surface area contributed by atoms with Crippen LogP contribution in [0.15, 0.2) is 30.3 Å². The molecule has 1 amide bonds. The number of likely N-dealkylation sites (N-methyl/N-ethyl adjacent to an activating group) is 1. The molecule has 0 aliphatic rings. The highest BCUT2D eigenvalue weighted by atomic mass is 35.5. The van der Waals surface area contributed by atoms with Crippen molar-refractivity contribution in [1.82, 2.24) is 4.90 Å². The van der Waals surface area contributed by atoms with Crippen molar-refractivity contribution in [2.75, 3.05) is 12.9 Å². The molecule has 0 bridgehead atoms. The van der Waals surface area contributed by atoms with E-state index in [0.717, 1.165) is 18.4 Å². The third kappa shape index (κ3) is 4.84. The molecule has 0 saturated carbocycles. The molecule has 1 rings (SSSR count). The Morgan fingerprint density at radius 2 is 1.95 bits per heavy atom. The standard InChI is InChI=1S/C15H22ClNO2/c1-12(15(19)13-8-4-3-5-9-13)17(2)14(18)10-6-7-11-16/h3-5,8-9,12,15,19H,6-7,10-11H2,1-2H3/t12-,15-/m1/s1. The van der Waals surface area contributed by atoms with Gasteiger partial charge in [0.05, 0.1) is 12.1 Å². The Labute approximate surface area is 120 Å². The molecule has 0 fully saturated rings. The topological polar surface area (TPSA) is 40.5 Å². The van der Waals surface area contributed by atoms with Crippen LogP contribution in [0.1, 0.15) is 37.9 Å². The average molecular weight is 284 g/mol. The number of alkyl halides is 1. The lowest BCUT2D eigenvalue weighted by atomic mass is 10.0. The monoisotopic (exact) mass is 283 g/mol. The number of carbonyl (C=O) groups is 1. The fourth-order valence-electron chi connectivity index (χ4n) is 1.91. The molecule has 3 nitrogen and oxygen atoms in total. The van der Waals surface area contributed by atoms with Gasteiger partial charge in [0.15, 0.2) is 0 Å². The van der Waals surface area contributed by atoms with E-state index >= 15 is 0 Å². The van der Waals surface area contributed by atoms with Crippen molar-refractivity contribution in [3.05, 3.63) is 35.9 Å². The Balaban J connectivity index is 2.56. The van der Waals surface area contributed by atoms with E-state index in [4.69, 9.17) is 11.6 Å². The number of halogens is 1. The number of hydrogen-bond donors (Lipinski definition) is 1. The zero-order valence-electron chi connectivity index (χ0n) is 11.6. The Kier molecular flexibility index (Phi) is 6.89. The van der Waals surface area contributed by atoms with Crippen molar-refractivity contribution in [3.8, 4) is 0 Å². The van der Waals surface area contributed by atoms with Crippen molar-refractivity contribution in [1.29, 1.82) is 0 Å². The third-order valence-electron chi connectivity index (χ3n) is 3.38. The summed E-state index contributed by atoms with van der Waals surface area (Å²) in [5, 5.41) is 10.3. The predicted molar refractivity (Wildman–Crippen MR) is 78.2 cm³/mol. The summed E-state index contributed by atoms with van der Waals surface area (Å²) in [4.78, 5) is 13.6. The van der Waals surface area contributed by atoms with Crippen molar-refractivity contribution in [3.63, 3.8) is 0 Å². The minimum atomic E-state index is -0.664. The average Bonchev–Trinajstić information content (AvgIpc) is 2.46. The summed E-state index contributed by atoms with van der Waals surface area (Å²) >= 11 is 5.59. The van der Waals surface area contributed by atoms with E-state index in [9.17, 15) is 9.90 Å². The van der Waals surface area contributed by atoms with E-state index in [1.807, 2.05) is 37.3 Å². The van der Waals surface area contributed by atoms with Crippen LogP contribution in [0.4, 0.5) is 0 Å². The van der Waals surface area contributed by atoms with Crippen LogP contribution in [-0.2, 0) is 4.79 Å². The molecule has 2 atom stereocenters. The van der Waals surface area contributed by atoms with Crippen LogP contribution in [0.5, 0.6) is 0 Å². The Morgan fingerprint density at radius 3 is 2.53 bits per heavy atom. The highest BCUT2D eigenvalue weighted by Crippen LogP contribution is 2.20. The number of hydrogen-bond acceptors (Lipinski definition) is 2. The van der Waals surface area contributed by atoms with Crippen molar-refractivity contribution >= 4 is 17.5 Å². The zero-order valence-corrected chi connectivity index (χ0v) is 12.3. The lowest BCUT2D eigenvalue weighted by Gasteiger charge is -2.29. The highest BCUT2D eigenvalue weighted by molar-refractivity contribution is 6.17. The number of carbonyl (C=O) groups excluding carboxylic acids is 1. The van der Waals surface area contributed by atoms with Crippen LogP contribution in [0.3, 0.4) is 0 Å². The zero-order chi connectivity index (χ0) is 14.3. The van der Waals surface area contributed by atoms with Gasteiger partial charge in [0, 0.05) is 19.3 Å². The summed E-state index contributed by atoms with van der Waals surface area (Å²) in [5.74, 6) is 0.631. The first kappa shape index (κ1) is 16.0. The predicted octanol–water partition coefficient (Wildman–Crippen LogP) is 2.98. The smallest absolute Gasteiger partial charge is 0.222 e. The maximum Gasteiger partial charge on any atom is 0.222 e. The maximum absolute atomic E-state index is 12.0. The van der Waals surface area contributed by atoms with Gasteiger partial charge in [-0.2, -0.15) is 0 Å². The molecule has 0 spiro atoms. The molecular weight excluding hydrogens is 262 g/mol. The van der Waals surface area contributed by atoms with Crippen LogP contribution < -0.4 is 0 Å². The van der Waals surface area contributed by atoms with Crippen LogP contribution in [0.25, 0.3) is 0 Å². The van der Waals surface area contributed by atoms with Gasteiger partial charge in [0.2, 0.25) is 5.91 Å². The number of aliphatic hydroxyl groups is 1. The molecule has 0 aliphatic heterocycles. The summed E-state index contributed by atoms with van der Waals surface area (Å²) in [6.45, 7) is 1.86. The minimum absolute atomic E-state index is 0.0487. The minimum Gasteiger partial charge on any atom is -0.386 e. The second-order valence-corrected chi connectivity index (χ2v) is 5.12. The number of unbranched alkanes of at least 4 members (excludes halogenated alkanes) is 1. The molecule has 0 aliphatic carbocycles. The van der Waals surface area contributed by atoms with Crippen molar-refractivity contribution < 1.29 is 9.90 Å². The van der Waals surface area contributed by atoms with E-state index in [1.54, 1.807) is 11.9 Å². The third-order valence-corrected chi connectivity index (χ3v) is 3.64. The largest absolute Gasteiger partial charge is 0.386 e. The molecule has 0 heterocycles. The quantitative estimate of drug-likeness (QED) is 0.617. The Bertz CT molecular complexity index is 383. The molecule has 0 unspecified atom stereocenters. The number of rotatable bonds is 7. The second kappa shape index (κ2) is 8.18. The first-order valence-electron chi connectivity index (χ1n) is 6.62. The van der Waals surface area contributed by atoms with Crippen LogP contribution >= 0.6 is 11.6 Å². The molecule has 106 valence electrons. The summed E-state index contributed by atoms with van der Waals surface area (Å²) in [5.41, 5.74) is 0.829. The first-order chi connectivity index (χ1) is 9.07. The SMILES string of the molecule is C[C@H]([C@@H](O)c1ccccc1)N(C)C(=O)CCCCCl. The fraction of sp³-hybridized carbons (Fsp3) is 0.533. The number of aliphatic hydroxyl groups excluding tert-OH is 1. The molecule has 19 heavy (non-hydrogen) atoms. The van der Waals surface area contributed by atoms with E-state index in [0.29, 0.717) is 12.3 Å². The molecule has 4 heteroatoms. The van der Waals surface area contributed by atoms with Gasteiger partial charge in [-0.25, -0.2) is 0 Å². The Morgan fingerprint density at radius 1 is 1.32 bits per heavy atom. The summed E-state index contributed by atoms with van der Waals surface area (Å²) < 4.78 is 0. The number of benzene rings is 1. The van der Waals surface area contributed by atoms with E-state index in [-0.39, 0.29) is 11.9 Å². The fourth-order valence-corrected chi connectivity index (χ4v) is 2.10. The summed E-state index contributed by atoms with van der Waals surface area (Å²) in [6.07, 6.45) is 1.45. The van der Waals surface area contributed by atoms with Crippen LogP contribution in [-0.4, -0.2) is 34.9 Å². The van der Waals surface area contributed by atoms with Gasteiger partial charge in [0.25, 0.3) is 0 Å². The molecule has 1 N–H and O–H groups in total. The summed E-state index contributed by atoms with van der Waals surface area (Å²) in [6, 6.07) is 9.16. The van der Waals surface area contributed by atoms with Gasteiger partial charge < -0.3 is 10.0 Å². The normalized spacial score (nSPS) is 13.9. The van der Waals surface area contributed by atoms with Gasteiger partial charge in [-0.05, 0) is 25.3 Å². The van der Waals surface area contributed by atoms with Crippen LogP contribution in [0, 0.1) is 0 Å². The lowest BCUT2D eigenvalue weighted by Crippen LogP contribution is -2.38. The van der Waals surface area contributed by atoms with Crippen molar-refractivity contribution in [2.24, 2.45) is 0 Å². The van der Waals surface area contributed by atoms with E-state index < -0.39 is 6.10 Å². The number of nitrogens with zero attached hydrogens (tertiary/aromatic N) is 1. The van der Waals surface area contributed by atoms with Gasteiger partial charge in [-0.1, -0.05) is 30.3 Å². The van der Waals surface area contributed by atoms with E-state index in [2.05, 4.69) is 0 Å². The molecule has 0 aromatic heterocycles. The van der Waals surface area contributed by atoms with Crippen LogP contribution in [0.2, 0.25) is 0 Å².